The molecule has 0 bridgehead atoms. The lowest BCUT2D eigenvalue weighted by Crippen LogP contribution is -2.37. The summed E-state index contributed by atoms with van der Waals surface area (Å²) in [5.74, 6) is 0. The van der Waals surface area contributed by atoms with Crippen LogP contribution in [0.15, 0.2) is 30.3 Å². The zero-order chi connectivity index (χ0) is 13.3. The third-order valence-electron chi connectivity index (χ3n) is 4.00. The van der Waals surface area contributed by atoms with Gasteiger partial charge in [0.05, 0.1) is 0 Å². The first kappa shape index (κ1) is 15.2. The molecule has 0 aliphatic carbocycles. The summed E-state index contributed by atoms with van der Waals surface area (Å²) >= 11 is 0. The van der Waals surface area contributed by atoms with Gasteiger partial charge in [0.1, 0.15) is 0 Å². The Balaban J connectivity index is 2.18. The molecular formula is C16H27NO. The van der Waals surface area contributed by atoms with Crippen molar-refractivity contribution in [2.24, 2.45) is 5.41 Å². The minimum Gasteiger partial charge on any atom is -0.396 e. The normalized spacial score (nSPS) is 11.7. The molecular weight excluding hydrogens is 222 g/mol. The predicted molar refractivity (Wildman–Crippen MR) is 77.7 cm³/mol. The molecule has 0 spiro atoms. The van der Waals surface area contributed by atoms with Crippen molar-refractivity contribution in [1.82, 2.24) is 5.32 Å². The van der Waals surface area contributed by atoms with Crippen molar-refractivity contribution in [1.29, 1.82) is 0 Å². The Morgan fingerprint density at radius 3 is 2.33 bits per heavy atom. The molecule has 0 radical (unpaired) electrons. The van der Waals surface area contributed by atoms with Gasteiger partial charge in [-0.25, -0.2) is 0 Å². The summed E-state index contributed by atoms with van der Waals surface area (Å²) in [6.07, 6.45) is 4.34. The maximum Gasteiger partial charge on any atom is 0.0499 e. The largest absolute Gasteiger partial charge is 0.396 e. The Bertz CT molecular complexity index is 298. The van der Waals surface area contributed by atoms with Crippen LogP contribution in [-0.2, 0) is 6.42 Å². The fraction of sp³-hybridized carbons (Fsp3) is 0.625. The van der Waals surface area contributed by atoms with E-state index in [0.717, 1.165) is 38.8 Å². The number of benzene rings is 1. The van der Waals surface area contributed by atoms with Gasteiger partial charge in [-0.15, -0.1) is 0 Å². The van der Waals surface area contributed by atoms with E-state index in [1.807, 2.05) is 0 Å². The summed E-state index contributed by atoms with van der Waals surface area (Å²) in [4.78, 5) is 0. The summed E-state index contributed by atoms with van der Waals surface area (Å²) < 4.78 is 0. The maximum atomic E-state index is 9.47. The van der Waals surface area contributed by atoms with Crippen LogP contribution in [0.25, 0.3) is 0 Å². The monoisotopic (exact) mass is 249 g/mol. The van der Waals surface area contributed by atoms with Gasteiger partial charge in [-0.2, -0.15) is 0 Å². The second kappa shape index (κ2) is 8.28. The molecule has 18 heavy (non-hydrogen) atoms. The van der Waals surface area contributed by atoms with Crippen LogP contribution in [0.5, 0.6) is 0 Å². The molecule has 0 amide bonds. The fourth-order valence-corrected chi connectivity index (χ4v) is 2.20. The smallest absolute Gasteiger partial charge is 0.0499 e. The molecule has 0 atom stereocenters. The van der Waals surface area contributed by atoms with Crippen LogP contribution < -0.4 is 5.32 Å². The summed E-state index contributed by atoms with van der Waals surface area (Å²) in [6.45, 7) is 6.55. The Kier molecular flexibility index (Phi) is 6.99. The van der Waals surface area contributed by atoms with E-state index in [4.69, 9.17) is 0 Å². The minimum absolute atomic E-state index is 0.0761. The van der Waals surface area contributed by atoms with Gasteiger partial charge < -0.3 is 10.4 Å². The molecule has 1 aromatic rings. The van der Waals surface area contributed by atoms with Crippen molar-refractivity contribution in [3.63, 3.8) is 0 Å². The second-order valence-electron chi connectivity index (χ2n) is 5.13. The lowest BCUT2D eigenvalue weighted by molar-refractivity contribution is 0.113. The molecule has 0 saturated heterocycles. The SMILES string of the molecule is CCC(CC)(CO)CNCCCc1ccccc1. The maximum absolute atomic E-state index is 9.47. The first-order valence-electron chi connectivity index (χ1n) is 7.12. The second-order valence-corrected chi connectivity index (χ2v) is 5.13. The molecule has 2 nitrogen and oxygen atoms in total. The lowest BCUT2D eigenvalue weighted by Gasteiger charge is -2.29. The highest BCUT2D eigenvalue weighted by Gasteiger charge is 2.24. The third kappa shape index (κ3) is 4.79. The van der Waals surface area contributed by atoms with Crippen molar-refractivity contribution >= 4 is 0 Å². The average molecular weight is 249 g/mol. The number of nitrogens with one attached hydrogen (secondary N) is 1. The number of aliphatic hydroxyl groups excluding tert-OH is 1. The molecule has 2 N–H and O–H groups in total. The molecule has 1 aromatic carbocycles. The first-order chi connectivity index (χ1) is 8.76. The molecule has 0 heterocycles. The van der Waals surface area contributed by atoms with E-state index in [2.05, 4.69) is 49.5 Å². The Morgan fingerprint density at radius 1 is 1.11 bits per heavy atom. The lowest BCUT2D eigenvalue weighted by atomic mass is 9.83. The average Bonchev–Trinajstić information content (AvgIpc) is 2.45. The third-order valence-corrected chi connectivity index (χ3v) is 4.00. The molecule has 0 fully saturated rings. The van der Waals surface area contributed by atoms with E-state index in [1.165, 1.54) is 5.56 Å². The van der Waals surface area contributed by atoms with Crippen LogP contribution in [0, 0.1) is 5.41 Å². The van der Waals surface area contributed by atoms with Crippen molar-refractivity contribution in [2.75, 3.05) is 19.7 Å². The number of aryl methyl sites for hydroxylation is 1. The number of hydrogen-bond donors (Lipinski definition) is 2. The standard InChI is InChI=1S/C16H27NO/c1-3-16(4-2,14-18)13-17-12-8-11-15-9-6-5-7-10-15/h5-7,9-10,17-18H,3-4,8,11-14H2,1-2H3. The quantitative estimate of drug-likeness (QED) is 0.659. The summed E-state index contributed by atoms with van der Waals surface area (Å²) in [5, 5.41) is 13.0. The molecule has 0 aliphatic heterocycles. The molecule has 0 saturated carbocycles. The van der Waals surface area contributed by atoms with Gasteiger partial charge in [0, 0.05) is 18.6 Å². The highest BCUT2D eigenvalue weighted by atomic mass is 16.3. The van der Waals surface area contributed by atoms with E-state index >= 15 is 0 Å². The number of rotatable bonds is 9. The molecule has 2 heteroatoms. The Labute approximate surface area is 111 Å². The van der Waals surface area contributed by atoms with Crippen LogP contribution >= 0.6 is 0 Å². The van der Waals surface area contributed by atoms with Crippen LogP contribution in [0.3, 0.4) is 0 Å². The highest BCUT2D eigenvalue weighted by molar-refractivity contribution is 5.14. The number of aliphatic hydroxyl groups is 1. The van der Waals surface area contributed by atoms with Crippen LogP contribution in [-0.4, -0.2) is 24.8 Å². The van der Waals surface area contributed by atoms with Crippen molar-refractivity contribution in [3.8, 4) is 0 Å². The molecule has 1 rings (SSSR count). The number of hydrogen-bond acceptors (Lipinski definition) is 2. The van der Waals surface area contributed by atoms with Crippen molar-refractivity contribution in [3.05, 3.63) is 35.9 Å². The van der Waals surface area contributed by atoms with E-state index in [1.54, 1.807) is 0 Å². The van der Waals surface area contributed by atoms with Crippen LogP contribution in [0.2, 0.25) is 0 Å². The van der Waals surface area contributed by atoms with Gasteiger partial charge >= 0.3 is 0 Å². The van der Waals surface area contributed by atoms with E-state index in [9.17, 15) is 5.11 Å². The van der Waals surface area contributed by atoms with Crippen molar-refractivity contribution < 1.29 is 5.11 Å². The Morgan fingerprint density at radius 2 is 1.78 bits per heavy atom. The topological polar surface area (TPSA) is 32.3 Å². The van der Waals surface area contributed by atoms with Gasteiger partial charge in [-0.1, -0.05) is 44.2 Å². The molecule has 0 aromatic heterocycles. The van der Waals surface area contributed by atoms with Crippen LogP contribution in [0.1, 0.15) is 38.7 Å². The van der Waals surface area contributed by atoms with Crippen LogP contribution in [0.4, 0.5) is 0 Å². The van der Waals surface area contributed by atoms with E-state index in [-0.39, 0.29) is 12.0 Å². The van der Waals surface area contributed by atoms with Gasteiger partial charge in [-0.05, 0) is 37.8 Å². The van der Waals surface area contributed by atoms with Gasteiger partial charge in [0.25, 0.3) is 0 Å². The predicted octanol–water partition coefficient (Wildman–Crippen LogP) is 3.01. The highest BCUT2D eigenvalue weighted by Crippen LogP contribution is 2.24. The van der Waals surface area contributed by atoms with Gasteiger partial charge in [0.15, 0.2) is 0 Å². The minimum atomic E-state index is 0.0761. The molecule has 0 unspecified atom stereocenters. The zero-order valence-corrected chi connectivity index (χ0v) is 11.8. The Hall–Kier alpha value is -0.860. The summed E-state index contributed by atoms with van der Waals surface area (Å²) in [6, 6.07) is 10.6. The summed E-state index contributed by atoms with van der Waals surface area (Å²) in [5.41, 5.74) is 1.48. The fourth-order valence-electron chi connectivity index (χ4n) is 2.20. The van der Waals surface area contributed by atoms with E-state index in [0.29, 0.717) is 0 Å². The van der Waals surface area contributed by atoms with Gasteiger partial charge in [0.2, 0.25) is 0 Å². The first-order valence-corrected chi connectivity index (χ1v) is 7.12. The molecule has 0 aliphatic rings. The van der Waals surface area contributed by atoms with E-state index < -0.39 is 0 Å². The van der Waals surface area contributed by atoms with Gasteiger partial charge in [-0.3, -0.25) is 0 Å². The summed E-state index contributed by atoms with van der Waals surface area (Å²) in [7, 11) is 0. The zero-order valence-electron chi connectivity index (χ0n) is 11.8. The molecule has 102 valence electrons. The van der Waals surface area contributed by atoms with Crippen molar-refractivity contribution in [2.45, 2.75) is 39.5 Å².